The molecular formula is C11H7Cl3O4. The molecule has 96 valence electrons. The molecule has 0 N–H and O–H groups in total. The van der Waals surface area contributed by atoms with Crippen molar-refractivity contribution in [1.82, 2.24) is 0 Å². The van der Waals surface area contributed by atoms with E-state index in [0.717, 1.165) is 0 Å². The minimum Gasteiger partial charge on any atom is -0.493 e. The maximum Gasteiger partial charge on any atom is 0.357 e. The molecule has 0 saturated heterocycles. The summed E-state index contributed by atoms with van der Waals surface area (Å²) in [6.07, 6.45) is 0.636. The molecule has 0 fully saturated rings. The molecule has 1 aromatic carbocycles. The standard InChI is InChI=1S/C11H7Cl3O4/c1-17-8-4-6(5-15)2-3-7(8)18-11(16)9(12)10(13)14/h2-5H,1H3. The van der Waals surface area contributed by atoms with Crippen molar-refractivity contribution in [2.24, 2.45) is 0 Å². The highest BCUT2D eigenvalue weighted by Crippen LogP contribution is 2.29. The molecule has 0 radical (unpaired) electrons. The number of hydrogen-bond donors (Lipinski definition) is 0. The van der Waals surface area contributed by atoms with E-state index in [1.54, 1.807) is 0 Å². The van der Waals surface area contributed by atoms with Gasteiger partial charge in [0.1, 0.15) is 10.8 Å². The molecule has 0 heterocycles. The zero-order valence-corrected chi connectivity index (χ0v) is 11.3. The van der Waals surface area contributed by atoms with Crippen molar-refractivity contribution in [3.8, 4) is 11.5 Å². The average molecular weight is 310 g/mol. The summed E-state index contributed by atoms with van der Waals surface area (Å²) in [5.41, 5.74) is 0.378. The lowest BCUT2D eigenvalue weighted by molar-refractivity contribution is -0.129. The second-order valence-corrected chi connectivity index (χ2v) is 4.32. The molecule has 0 aromatic heterocycles. The van der Waals surface area contributed by atoms with Gasteiger partial charge in [-0.2, -0.15) is 0 Å². The van der Waals surface area contributed by atoms with E-state index in [1.165, 1.54) is 25.3 Å². The van der Waals surface area contributed by atoms with E-state index in [4.69, 9.17) is 44.3 Å². The molecule has 18 heavy (non-hydrogen) atoms. The highest BCUT2D eigenvalue weighted by Gasteiger charge is 2.16. The Labute approximate surface area is 118 Å². The maximum atomic E-state index is 11.5. The van der Waals surface area contributed by atoms with Crippen LogP contribution in [0.25, 0.3) is 0 Å². The molecule has 4 nitrogen and oxygen atoms in total. The number of carbonyl (C=O) groups excluding carboxylic acids is 2. The topological polar surface area (TPSA) is 52.6 Å². The molecule has 0 aliphatic rings. The molecule has 0 unspecified atom stereocenters. The molecule has 0 amide bonds. The van der Waals surface area contributed by atoms with Crippen LogP contribution in [0.15, 0.2) is 27.7 Å². The van der Waals surface area contributed by atoms with Crippen LogP contribution in [-0.4, -0.2) is 19.4 Å². The third-order valence-electron chi connectivity index (χ3n) is 1.87. The number of rotatable bonds is 4. The molecular weight excluding hydrogens is 302 g/mol. The Kier molecular flexibility index (Phi) is 5.47. The van der Waals surface area contributed by atoms with E-state index in [2.05, 4.69) is 0 Å². The monoisotopic (exact) mass is 308 g/mol. The number of esters is 1. The Hall–Kier alpha value is -1.23. The van der Waals surface area contributed by atoms with Crippen molar-refractivity contribution in [2.75, 3.05) is 7.11 Å². The van der Waals surface area contributed by atoms with Crippen LogP contribution in [0, 0.1) is 0 Å². The molecule has 1 rings (SSSR count). The fraction of sp³-hybridized carbons (Fsp3) is 0.0909. The number of benzene rings is 1. The van der Waals surface area contributed by atoms with E-state index in [1.807, 2.05) is 0 Å². The number of carbonyl (C=O) groups is 2. The van der Waals surface area contributed by atoms with Gasteiger partial charge in [-0.25, -0.2) is 4.79 Å². The van der Waals surface area contributed by atoms with Crippen molar-refractivity contribution in [2.45, 2.75) is 0 Å². The lowest BCUT2D eigenvalue weighted by Gasteiger charge is -2.09. The number of hydrogen-bond acceptors (Lipinski definition) is 4. The van der Waals surface area contributed by atoms with Gasteiger partial charge in [-0.3, -0.25) is 4.79 Å². The van der Waals surface area contributed by atoms with Crippen LogP contribution in [0.3, 0.4) is 0 Å². The lowest BCUT2D eigenvalue weighted by Crippen LogP contribution is -2.09. The minimum atomic E-state index is -0.922. The molecule has 0 aliphatic carbocycles. The first-order chi connectivity index (χ1) is 8.49. The fourth-order valence-corrected chi connectivity index (χ4v) is 1.26. The van der Waals surface area contributed by atoms with E-state index in [-0.39, 0.29) is 11.5 Å². The molecule has 0 aliphatic heterocycles. The van der Waals surface area contributed by atoms with E-state index < -0.39 is 15.5 Å². The fourth-order valence-electron chi connectivity index (χ4n) is 1.06. The highest BCUT2D eigenvalue weighted by atomic mass is 35.5. The molecule has 0 saturated carbocycles. The first-order valence-corrected chi connectivity index (χ1v) is 5.69. The Morgan fingerprint density at radius 1 is 1.22 bits per heavy atom. The number of ether oxygens (including phenoxy) is 2. The normalized spacial score (nSPS) is 9.56. The maximum absolute atomic E-state index is 11.5. The molecule has 0 spiro atoms. The Bertz CT molecular complexity index is 507. The molecule has 1 aromatic rings. The van der Waals surface area contributed by atoms with Gasteiger partial charge in [0, 0.05) is 5.56 Å². The van der Waals surface area contributed by atoms with Gasteiger partial charge >= 0.3 is 5.97 Å². The summed E-state index contributed by atoms with van der Waals surface area (Å²) in [6.45, 7) is 0. The van der Waals surface area contributed by atoms with Crippen LogP contribution in [0.2, 0.25) is 0 Å². The summed E-state index contributed by atoms with van der Waals surface area (Å²) in [5.74, 6) is -0.613. The van der Waals surface area contributed by atoms with Crippen molar-refractivity contribution in [3.63, 3.8) is 0 Å². The van der Waals surface area contributed by atoms with E-state index >= 15 is 0 Å². The van der Waals surface area contributed by atoms with Crippen molar-refractivity contribution < 1.29 is 19.1 Å². The van der Waals surface area contributed by atoms with Crippen LogP contribution >= 0.6 is 34.8 Å². The third kappa shape index (κ3) is 3.63. The number of halogens is 3. The first-order valence-electron chi connectivity index (χ1n) is 4.55. The highest BCUT2D eigenvalue weighted by molar-refractivity contribution is 6.62. The van der Waals surface area contributed by atoms with Crippen LogP contribution in [-0.2, 0) is 4.79 Å². The van der Waals surface area contributed by atoms with Gasteiger partial charge in [0.2, 0.25) is 0 Å². The summed E-state index contributed by atoms with van der Waals surface area (Å²) >= 11 is 16.2. The molecule has 0 atom stereocenters. The summed E-state index contributed by atoms with van der Waals surface area (Å²) in [6, 6.07) is 4.26. The number of aldehydes is 1. The summed E-state index contributed by atoms with van der Waals surface area (Å²) in [5, 5.41) is -0.445. The van der Waals surface area contributed by atoms with Crippen LogP contribution in [0.4, 0.5) is 0 Å². The quantitative estimate of drug-likeness (QED) is 0.371. The molecule has 0 bridgehead atoms. The summed E-state index contributed by atoms with van der Waals surface area (Å²) in [4.78, 5) is 22.0. The zero-order chi connectivity index (χ0) is 13.7. The summed E-state index contributed by atoms with van der Waals surface area (Å²) < 4.78 is 9.49. The minimum absolute atomic E-state index is 0.0980. The Balaban J connectivity index is 3.01. The Morgan fingerprint density at radius 2 is 1.89 bits per heavy atom. The van der Waals surface area contributed by atoms with Crippen molar-refractivity contribution in [3.05, 3.63) is 33.3 Å². The second-order valence-electron chi connectivity index (χ2n) is 2.99. The molecule has 7 heteroatoms. The van der Waals surface area contributed by atoms with Gasteiger partial charge in [0.25, 0.3) is 0 Å². The largest absolute Gasteiger partial charge is 0.493 e. The lowest BCUT2D eigenvalue weighted by atomic mass is 10.2. The Morgan fingerprint density at radius 3 is 2.39 bits per heavy atom. The van der Waals surface area contributed by atoms with Crippen molar-refractivity contribution >= 4 is 47.1 Å². The zero-order valence-electron chi connectivity index (χ0n) is 9.08. The first kappa shape index (κ1) is 14.8. The number of methoxy groups -OCH3 is 1. The third-order valence-corrected chi connectivity index (χ3v) is 2.79. The van der Waals surface area contributed by atoms with E-state index in [9.17, 15) is 9.59 Å². The van der Waals surface area contributed by atoms with E-state index in [0.29, 0.717) is 11.8 Å². The van der Waals surface area contributed by atoms with Crippen LogP contribution < -0.4 is 9.47 Å². The predicted octanol–water partition coefficient (Wildman–Crippen LogP) is 3.30. The van der Waals surface area contributed by atoms with Crippen LogP contribution in [0.5, 0.6) is 11.5 Å². The summed E-state index contributed by atoms with van der Waals surface area (Å²) in [7, 11) is 1.37. The van der Waals surface area contributed by atoms with Crippen LogP contribution in [0.1, 0.15) is 10.4 Å². The predicted molar refractivity (Wildman–Crippen MR) is 68.6 cm³/mol. The second kappa shape index (κ2) is 6.64. The smallest absolute Gasteiger partial charge is 0.357 e. The van der Waals surface area contributed by atoms with Gasteiger partial charge < -0.3 is 9.47 Å². The SMILES string of the molecule is COc1cc(C=O)ccc1OC(=O)C(Cl)=C(Cl)Cl. The van der Waals surface area contributed by atoms with Gasteiger partial charge in [-0.05, 0) is 18.2 Å². The average Bonchev–Trinajstić information content (AvgIpc) is 2.37. The van der Waals surface area contributed by atoms with Gasteiger partial charge in [-0.1, -0.05) is 34.8 Å². The van der Waals surface area contributed by atoms with Crippen molar-refractivity contribution in [1.29, 1.82) is 0 Å². The van der Waals surface area contributed by atoms with Gasteiger partial charge in [0.05, 0.1) is 7.11 Å². The van der Waals surface area contributed by atoms with Gasteiger partial charge in [-0.15, -0.1) is 0 Å². The van der Waals surface area contributed by atoms with Gasteiger partial charge in [0.15, 0.2) is 16.5 Å².